The van der Waals surface area contributed by atoms with Crippen molar-refractivity contribution in [3.05, 3.63) is 29.5 Å². The number of aliphatic hydroxyl groups is 1. The third-order valence-electron chi connectivity index (χ3n) is 4.40. The second kappa shape index (κ2) is 5.79. The SMILES string of the molecule is Cc1cc2c(N3CCC(CCO)CC3)ccc(C#N)c2o1. The van der Waals surface area contributed by atoms with Gasteiger partial charge >= 0.3 is 0 Å². The number of furan rings is 1. The number of nitriles is 1. The third kappa shape index (κ3) is 2.62. The zero-order valence-corrected chi connectivity index (χ0v) is 12.3. The number of fused-ring (bicyclic) bond motifs is 1. The van der Waals surface area contributed by atoms with Gasteiger partial charge in [0.05, 0.1) is 5.56 Å². The fraction of sp³-hybridized carbons (Fsp3) is 0.471. The van der Waals surface area contributed by atoms with E-state index >= 15 is 0 Å². The Balaban J connectivity index is 1.90. The van der Waals surface area contributed by atoms with Crippen molar-refractivity contribution in [1.82, 2.24) is 0 Å². The van der Waals surface area contributed by atoms with Gasteiger partial charge in [0, 0.05) is 30.8 Å². The Bertz CT molecular complexity index is 676. The average Bonchev–Trinajstić information content (AvgIpc) is 2.89. The molecule has 1 aliphatic rings. The van der Waals surface area contributed by atoms with Crippen molar-refractivity contribution in [1.29, 1.82) is 5.26 Å². The molecule has 0 saturated carbocycles. The maximum Gasteiger partial charge on any atom is 0.154 e. The molecule has 2 aromatic rings. The maximum atomic E-state index is 9.19. The first-order chi connectivity index (χ1) is 10.2. The van der Waals surface area contributed by atoms with Crippen LogP contribution in [0.3, 0.4) is 0 Å². The van der Waals surface area contributed by atoms with E-state index in [2.05, 4.69) is 11.0 Å². The zero-order chi connectivity index (χ0) is 14.8. The molecule has 4 heteroatoms. The van der Waals surface area contributed by atoms with Gasteiger partial charge in [-0.3, -0.25) is 0 Å². The van der Waals surface area contributed by atoms with Crippen molar-refractivity contribution in [2.45, 2.75) is 26.2 Å². The smallest absolute Gasteiger partial charge is 0.154 e. The van der Waals surface area contributed by atoms with Crippen molar-refractivity contribution >= 4 is 16.7 Å². The normalized spacial score (nSPS) is 16.3. The lowest BCUT2D eigenvalue weighted by atomic mass is 9.93. The van der Waals surface area contributed by atoms with E-state index in [9.17, 15) is 5.26 Å². The molecule has 0 atom stereocenters. The molecule has 1 aromatic heterocycles. The standard InChI is InChI=1S/C17H20N2O2/c1-12-10-15-16(3-2-14(11-18)17(15)21-12)19-7-4-13(5-8-19)6-9-20/h2-3,10,13,20H,4-9H2,1H3. The molecule has 2 heterocycles. The Morgan fingerprint density at radius 3 is 2.81 bits per heavy atom. The summed E-state index contributed by atoms with van der Waals surface area (Å²) >= 11 is 0. The summed E-state index contributed by atoms with van der Waals surface area (Å²) < 4.78 is 5.70. The lowest BCUT2D eigenvalue weighted by Crippen LogP contribution is -2.34. The number of rotatable bonds is 3. The summed E-state index contributed by atoms with van der Waals surface area (Å²) in [6.07, 6.45) is 3.12. The van der Waals surface area contributed by atoms with E-state index in [0.717, 1.165) is 49.2 Å². The molecule has 0 bridgehead atoms. The van der Waals surface area contributed by atoms with Gasteiger partial charge in [0.15, 0.2) is 5.58 Å². The molecule has 0 aliphatic carbocycles. The Morgan fingerprint density at radius 1 is 1.38 bits per heavy atom. The Morgan fingerprint density at radius 2 is 2.14 bits per heavy atom. The summed E-state index contributed by atoms with van der Waals surface area (Å²) in [6, 6.07) is 8.09. The lowest BCUT2D eigenvalue weighted by Gasteiger charge is -2.33. The maximum absolute atomic E-state index is 9.19. The zero-order valence-electron chi connectivity index (χ0n) is 12.3. The van der Waals surface area contributed by atoms with Gasteiger partial charge in [0.2, 0.25) is 0 Å². The number of nitrogens with zero attached hydrogens (tertiary/aromatic N) is 2. The fourth-order valence-corrected chi connectivity index (χ4v) is 3.24. The third-order valence-corrected chi connectivity index (χ3v) is 4.40. The highest BCUT2D eigenvalue weighted by atomic mass is 16.3. The lowest BCUT2D eigenvalue weighted by molar-refractivity contribution is 0.240. The van der Waals surface area contributed by atoms with Crippen LogP contribution in [0.1, 0.15) is 30.6 Å². The van der Waals surface area contributed by atoms with Gasteiger partial charge in [-0.2, -0.15) is 5.26 Å². The summed E-state index contributed by atoms with van der Waals surface area (Å²) in [5.74, 6) is 1.47. The molecular formula is C17H20N2O2. The van der Waals surface area contributed by atoms with Crippen LogP contribution in [0.15, 0.2) is 22.6 Å². The Kier molecular flexibility index (Phi) is 3.85. The van der Waals surface area contributed by atoms with E-state index in [-0.39, 0.29) is 6.61 Å². The summed E-state index contributed by atoms with van der Waals surface area (Å²) in [6.45, 7) is 4.19. The first-order valence-corrected chi connectivity index (χ1v) is 7.52. The average molecular weight is 284 g/mol. The molecule has 0 radical (unpaired) electrons. The monoisotopic (exact) mass is 284 g/mol. The molecule has 3 rings (SSSR count). The minimum absolute atomic E-state index is 0.284. The molecule has 1 N–H and O–H groups in total. The molecule has 0 spiro atoms. The van der Waals surface area contributed by atoms with Crippen LogP contribution in [0.25, 0.3) is 11.0 Å². The van der Waals surface area contributed by atoms with Gasteiger partial charge in [0.1, 0.15) is 11.8 Å². The summed E-state index contributed by atoms with van der Waals surface area (Å²) in [4.78, 5) is 2.37. The molecule has 0 amide bonds. The largest absolute Gasteiger partial charge is 0.460 e. The second-order valence-corrected chi connectivity index (χ2v) is 5.79. The number of hydrogen-bond donors (Lipinski definition) is 1. The van der Waals surface area contributed by atoms with Crippen molar-refractivity contribution < 1.29 is 9.52 Å². The van der Waals surface area contributed by atoms with Crippen LogP contribution in [0.5, 0.6) is 0 Å². The van der Waals surface area contributed by atoms with Crippen molar-refractivity contribution in [2.24, 2.45) is 5.92 Å². The predicted molar refractivity (Wildman–Crippen MR) is 82.3 cm³/mol. The van der Waals surface area contributed by atoms with E-state index in [0.29, 0.717) is 17.1 Å². The van der Waals surface area contributed by atoms with Gasteiger partial charge < -0.3 is 14.4 Å². The van der Waals surface area contributed by atoms with Crippen LogP contribution >= 0.6 is 0 Å². The first kappa shape index (κ1) is 14.0. The molecule has 1 saturated heterocycles. The van der Waals surface area contributed by atoms with Gasteiger partial charge in [-0.25, -0.2) is 0 Å². The molecule has 1 fully saturated rings. The van der Waals surface area contributed by atoms with E-state index in [4.69, 9.17) is 9.52 Å². The number of piperidine rings is 1. The molecule has 1 aromatic carbocycles. The van der Waals surface area contributed by atoms with Crippen LogP contribution < -0.4 is 4.90 Å². The number of anilines is 1. The van der Waals surface area contributed by atoms with Crippen molar-refractivity contribution in [3.8, 4) is 6.07 Å². The van der Waals surface area contributed by atoms with Crippen LogP contribution in [0.2, 0.25) is 0 Å². The van der Waals surface area contributed by atoms with Gasteiger partial charge in [-0.15, -0.1) is 0 Å². The molecular weight excluding hydrogens is 264 g/mol. The molecule has 110 valence electrons. The number of hydrogen-bond acceptors (Lipinski definition) is 4. The minimum Gasteiger partial charge on any atom is -0.460 e. The first-order valence-electron chi connectivity index (χ1n) is 7.52. The van der Waals surface area contributed by atoms with Gasteiger partial charge in [-0.05, 0) is 50.3 Å². The Labute approximate surface area is 124 Å². The summed E-state index contributed by atoms with van der Waals surface area (Å²) in [5, 5.41) is 19.3. The fourth-order valence-electron chi connectivity index (χ4n) is 3.24. The van der Waals surface area contributed by atoms with Gasteiger partial charge in [-0.1, -0.05) is 0 Å². The second-order valence-electron chi connectivity index (χ2n) is 5.79. The quantitative estimate of drug-likeness (QED) is 0.940. The molecule has 21 heavy (non-hydrogen) atoms. The molecule has 4 nitrogen and oxygen atoms in total. The van der Waals surface area contributed by atoms with E-state index in [1.54, 1.807) is 0 Å². The van der Waals surface area contributed by atoms with E-state index in [1.165, 1.54) is 0 Å². The minimum atomic E-state index is 0.284. The van der Waals surface area contributed by atoms with E-state index < -0.39 is 0 Å². The predicted octanol–water partition coefficient (Wildman–Crippen LogP) is 3.21. The molecule has 1 aliphatic heterocycles. The number of aliphatic hydroxyl groups excluding tert-OH is 1. The highest BCUT2D eigenvalue weighted by Crippen LogP contribution is 2.34. The van der Waals surface area contributed by atoms with Gasteiger partial charge in [0.25, 0.3) is 0 Å². The summed E-state index contributed by atoms with van der Waals surface area (Å²) in [7, 11) is 0. The number of aryl methyl sites for hydroxylation is 1. The summed E-state index contributed by atoms with van der Waals surface area (Å²) in [5.41, 5.74) is 2.45. The highest BCUT2D eigenvalue weighted by molar-refractivity contribution is 5.95. The van der Waals surface area contributed by atoms with Crippen LogP contribution in [-0.2, 0) is 0 Å². The Hall–Kier alpha value is -1.99. The van der Waals surface area contributed by atoms with Crippen molar-refractivity contribution in [3.63, 3.8) is 0 Å². The van der Waals surface area contributed by atoms with Crippen LogP contribution in [-0.4, -0.2) is 24.8 Å². The highest BCUT2D eigenvalue weighted by Gasteiger charge is 2.21. The van der Waals surface area contributed by atoms with Crippen LogP contribution in [0.4, 0.5) is 5.69 Å². The topological polar surface area (TPSA) is 60.4 Å². The molecule has 0 unspecified atom stereocenters. The number of benzene rings is 1. The van der Waals surface area contributed by atoms with E-state index in [1.807, 2.05) is 25.1 Å². The van der Waals surface area contributed by atoms with Crippen LogP contribution in [0, 0.1) is 24.2 Å². The van der Waals surface area contributed by atoms with Crippen molar-refractivity contribution in [2.75, 3.05) is 24.6 Å².